The second kappa shape index (κ2) is 7.93. The molecule has 6 atom stereocenters. The van der Waals surface area contributed by atoms with Crippen molar-refractivity contribution in [1.82, 2.24) is 9.80 Å². The first-order chi connectivity index (χ1) is 15.7. The first-order valence-corrected chi connectivity index (χ1v) is 11.2. The zero-order valence-corrected chi connectivity index (χ0v) is 19.1. The fourth-order valence-electron chi connectivity index (χ4n) is 5.42. The molecule has 4 heterocycles. The number of nitrogens with zero attached hydrogens (tertiary/aromatic N) is 2. The maximum Gasteiger partial charge on any atom is 0.324 e. The predicted molar refractivity (Wildman–Crippen MR) is 114 cm³/mol. The van der Waals surface area contributed by atoms with Crippen LogP contribution in [0.5, 0.6) is 0 Å². The van der Waals surface area contributed by atoms with Gasteiger partial charge in [-0.25, -0.2) is 0 Å². The number of hydrogen-bond donors (Lipinski definition) is 0. The molecule has 4 aliphatic heterocycles. The van der Waals surface area contributed by atoms with Gasteiger partial charge in [0, 0.05) is 13.6 Å². The Labute approximate surface area is 192 Å². The van der Waals surface area contributed by atoms with Gasteiger partial charge in [0.15, 0.2) is 5.79 Å². The number of carbonyl (C=O) groups is 3. The first-order valence-electron chi connectivity index (χ1n) is 11.2. The van der Waals surface area contributed by atoms with Crippen LogP contribution in [0, 0.1) is 11.8 Å². The molecule has 9 heteroatoms. The molecule has 33 heavy (non-hydrogen) atoms. The summed E-state index contributed by atoms with van der Waals surface area (Å²) in [5, 5.41) is 0. The highest BCUT2D eigenvalue weighted by Crippen LogP contribution is 2.48. The van der Waals surface area contributed by atoms with E-state index in [1.54, 1.807) is 20.8 Å². The van der Waals surface area contributed by atoms with Crippen LogP contribution in [0.2, 0.25) is 0 Å². The van der Waals surface area contributed by atoms with Gasteiger partial charge in [-0.1, -0.05) is 30.3 Å². The van der Waals surface area contributed by atoms with Crippen LogP contribution in [0.3, 0.4) is 0 Å². The second-order valence-corrected chi connectivity index (χ2v) is 9.24. The molecule has 2 amide bonds. The highest BCUT2D eigenvalue weighted by atomic mass is 16.8. The summed E-state index contributed by atoms with van der Waals surface area (Å²) in [5.74, 6) is -3.15. The Bertz CT molecular complexity index is 1010. The third-order valence-corrected chi connectivity index (χ3v) is 6.71. The Morgan fingerprint density at radius 3 is 2.45 bits per heavy atom. The molecule has 3 saturated heterocycles. The Hall–Kier alpha value is -2.75. The maximum atomic E-state index is 13.2. The van der Waals surface area contributed by atoms with Crippen molar-refractivity contribution in [3.8, 4) is 0 Å². The summed E-state index contributed by atoms with van der Waals surface area (Å²) in [7, 11) is 1.46. The number of benzene rings is 1. The highest BCUT2D eigenvalue weighted by molar-refractivity contribution is 6.08. The van der Waals surface area contributed by atoms with Gasteiger partial charge >= 0.3 is 5.97 Å². The molecule has 0 spiro atoms. The van der Waals surface area contributed by atoms with Crippen molar-refractivity contribution >= 4 is 17.8 Å². The normalized spacial score (nSPS) is 34.8. The fourth-order valence-corrected chi connectivity index (χ4v) is 5.42. The lowest BCUT2D eigenvalue weighted by molar-refractivity contribution is -0.184. The number of carbonyl (C=O) groups excluding carboxylic acids is 3. The largest absolute Gasteiger partial charge is 0.465 e. The van der Waals surface area contributed by atoms with Gasteiger partial charge in [0.1, 0.15) is 17.9 Å². The number of likely N-dealkylation sites (tertiary alicyclic amines) is 2. The van der Waals surface area contributed by atoms with Crippen molar-refractivity contribution in [3.05, 3.63) is 47.7 Å². The van der Waals surface area contributed by atoms with Gasteiger partial charge in [-0.05, 0) is 32.4 Å². The summed E-state index contributed by atoms with van der Waals surface area (Å²) in [6, 6.07) is 8.06. The van der Waals surface area contributed by atoms with E-state index in [4.69, 9.17) is 18.9 Å². The topological polar surface area (TPSA) is 94.6 Å². The maximum absolute atomic E-state index is 13.2. The van der Waals surface area contributed by atoms with Gasteiger partial charge in [-0.2, -0.15) is 0 Å². The molecule has 0 N–H and O–H groups in total. The van der Waals surface area contributed by atoms with Crippen molar-refractivity contribution in [2.75, 3.05) is 13.7 Å². The molecule has 176 valence electrons. The third-order valence-electron chi connectivity index (χ3n) is 6.71. The summed E-state index contributed by atoms with van der Waals surface area (Å²) in [6.07, 6.45) is 0.736. The molecule has 0 bridgehead atoms. The number of imide groups is 1. The Balaban J connectivity index is 1.57. The van der Waals surface area contributed by atoms with E-state index in [0.29, 0.717) is 12.3 Å². The highest BCUT2D eigenvalue weighted by Gasteiger charge is 2.66. The molecule has 1 aromatic rings. The minimum Gasteiger partial charge on any atom is -0.465 e. The molecule has 5 rings (SSSR count). The molecule has 3 fully saturated rings. The molecule has 0 unspecified atom stereocenters. The van der Waals surface area contributed by atoms with E-state index in [-0.39, 0.29) is 18.4 Å². The van der Waals surface area contributed by atoms with E-state index in [9.17, 15) is 14.4 Å². The molecule has 0 saturated carbocycles. The van der Waals surface area contributed by atoms with Gasteiger partial charge in [0.2, 0.25) is 18.1 Å². The van der Waals surface area contributed by atoms with Gasteiger partial charge < -0.3 is 18.9 Å². The molecule has 0 radical (unpaired) electrons. The van der Waals surface area contributed by atoms with Crippen LogP contribution in [0.15, 0.2) is 42.2 Å². The Morgan fingerprint density at radius 1 is 1.09 bits per heavy atom. The van der Waals surface area contributed by atoms with Crippen LogP contribution in [0.4, 0.5) is 0 Å². The van der Waals surface area contributed by atoms with Crippen LogP contribution in [0.25, 0.3) is 0 Å². The summed E-state index contributed by atoms with van der Waals surface area (Å²) in [4.78, 5) is 42.4. The average molecular weight is 456 g/mol. The van der Waals surface area contributed by atoms with Crippen molar-refractivity contribution in [1.29, 1.82) is 0 Å². The van der Waals surface area contributed by atoms with Gasteiger partial charge in [-0.3, -0.25) is 24.2 Å². The van der Waals surface area contributed by atoms with Crippen LogP contribution >= 0.6 is 0 Å². The number of fused-ring (bicyclic) bond motifs is 2. The van der Waals surface area contributed by atoms with Gasteiger partial charge in [0.25, 0.3) is 0 Å². The molecule has 1 aromatic carbocycles. The number of rotatable bonds is 5. The Morgan fingerprint density at radius 2 is 1.79 bits per heavy atom. The summed E-state index contributed by atoms with van der Waals surface area (Å²) in [6.45, 7) is 5.85. The molecule has 9 nitrogen and oxygen atoms in total. The molecule has 0 aromatic heterocycles. The van der Waals surface area contributed by atoms with E-state index in [0.717, 1.165) is 10.5 Å². The van der Waals surface area contributed by atoms with Crippen LogP contribution in [0.1, 0.15) is 26.3 Å². The fraction of sp³-hybridized carbons (Fsp3) is 0.542. The summed E-state index contributed by atoms with van der Waals surface area (Å²) in [5.41, 5.74) is 0.942. The standard InChI is InChI=1S/C24H28N2O7/c1-5-30-22(29)19-17-16(20(27)25(4)21(17)28)18(26(19)12-13-9-7-6-8-10-13)14-11-15-23(31-14)33-24(2,3)32-15/h6-11,15-19,23H,5,12H2,1-4H3/t15-,16-,17+,18-,19+,23-/m1/s1. The van der Waals surface area contributed by atoms with Crippen LogP contribution in [-0.4, -0.2) is 71.5 Å². The summed E-state index contributed by atoms with van der Waals surface area (Å²) >= 11 is 0. The number of ether oxygens (including phenoxy) is 4. The zero-order valence-electron chi connectivity index (χ0n) is 19.1. The lowest BCUT2D eigenvalue weighted by atomic mass is 9.88. The molecule has 4 aliphatic rings. The lowest BCUT2D eigenvalue weighted by Gasteiger charge is -2.32. The molecular weight excluding hydrogens is 428 g/mol. The van der Waals surface area contributed by atoms with Crippen LogP contribution in [-0.2, 0) is 39.9 Å². The minimum atomic E-state index is -0.912. The minimum absolute atomic E-state index is 0.175. The van der Waals surface area contributed by atoms with Crippen molar-refractivity contribution < 1.29 is 33.3 Å². The number of hydrogen-bond acceptors (Lipinski definition) is 8. The first kappa shape index (κ1) is 22.1. The van der Waals surface area contributed by atoms with E-state index < -0.39 is 48.1 Å². The SMILES string of the molecule is CCOC(=O)[C@@H]1[C@H]2C(=O)N(C)C(=O)[C@H]2[C@@H](C2=C[C@H]3OC(C)(C)O[C@H]3O2)N1Cc1ccccc1. The van der Waals surface area contributed by atoms with E-state index >= 15 is 0 Å². The molecule has 0 aliphatic carbocycles. The summed E-state index contributed by atoms with van der Waals surface area (Å²) < 4.78 is 23.2. The molecular formula is C24H28N2O7. The van der Waals surface area contributed by atoms with E-state index in [2.05, 4.69) is 0 Å². The van der Waals surface area contributed by atoms with E-state index in [1.165, 1.54) is 7.05 Å². The van der Waals surface area contributed by atoms with Crippen LogP contribution < -0.4 is 0 Å². The smallest absolute Gasteiger partial charge is 0.324 e. The lowest BCUT2D eigenvalue weighted by Crippen LogP contribution is -2.48. The van der Waals surface area contributed by atoms with Crippen molar-refractivity contribution in [2.45, 2.75) is 57.6 Å². The van der Waals surface area contributed by atoms with Crippen molar-refractivity contribution in [2.24, 2.45) is 11.8 Å². The zero-order chi connectivity index (χ0) is 23.5. The Kier molecular flexibility index (Phi) is 5.30. The second-order valence-electron chi connectivity index (χ2n) is 9.24. The predicted octanol–water partition coefficient (Wildman–Crippen LogP) is 1.43. The van der Waals surface area contributed by atoms with Crippen molar-refractivity contribution in [3.63, 3.8) is 0 Å². The van der Waals surface area contributed by atoms with Gasteiger partial charge in [0.05, 0.1) is 24.5 Å². The van der Waals surface area contributed by atoms with E-state index in [1.807, 2.05) is 41.3 Å². The van der Waals surface area contributed by atoms with Gasteiger partial charge in [-0.15, -0.1) is 0 Å². The average Bonchev–Trinajstić information content (AvgIpc) is 3.43. The third kappa shape index (κ3) is 3.55. The monoisotopic (exact) mass is 456 g/mol. The number of amides is 2. The number of esters is 1. The quantitative estimate of drug-likeness (QED) is 0.485.